The number of benzene rings is 2. The summed E-state index contributed by atoms with van der Waals surface area (Å²) in [6.07, 6.45) is 8.12. The van der Waals surface area contributed by atoms with Crippen LogP contribution in [-0.2, 0) is 14.9 Å². The number of ether oxygens (including phenoxy) is 2. The Bertz CT molecular complexity index is 1100. The Kier molecular flexibility index (Phi) is 6.26. The van der Waals surface area contributed by atoms with E-state index in [1.54, 1.807) is 6.92 Å². The topological polar surface area (TPSA) is 102 Å². The third-order valence-electron chi connectivity index (χ3n) is 7.85. The van der Waals surface area contributed by atoms with Crippen LogP contribution in [0.2, 0.25) is 0 Å². The lowest BCUT2D eigenvalue weighted by Crippen LogP contribution is -2.48. The fraction of sp³-hybridized carbons (Fsp3) is 0.464. The van der Waals surface area contributed by atoms with Crippen molar-refractivity contribution in [1.29, 1.82) is 0 Å². The molecule has 4 aliphatic rings. The first-order valence-electron chi connectivity index (χ1n) is 12.4. The standard InChI is InChI=1S/C28H31NO6/c1-2-34-27(33)21-10-20(26(31)32)11-23(12-21)29-25(30)16-35-24-5-3-22(4-6-24)28-13-17-7-18(14-28)9-19(8-17)15-28/h3-6,10-12,17-19H,2,7-9,13-16H2,1H3,(H,29,30)(H,31,32). The maximum atomic E-state index is 12.5. The van der Waals surface area contributed by atoms with Gasteiger partial charge in [0.05, 0.1) is 17.7 Å². The average molecular weight is 478 g/mol. The lowest BCUT2D eigenvalue weighted by atomic mass is 9.48. The van der Waals surface area contributed by atoms with E-state index >= 15 is 0 Å². The van der Waals surface area contributed by atoms with Gasteiger partial charge in [0.25, 0.3) is 5.91 Å². The Morgan fingerprint density at radius 2 is 1.54 bits per heavy atom. The van der Waals surface area contributed by atoms with E-state index in [1.807, 2.05) is 12.1 Å². The summed E-state index contributed by atoms with van der Waals surface area (Å²) in [4.78, 5) is 35.9. The molecule has 0 unspecified atom stereocenters. The van der Waals surface area contributed by atoms with Crippen LogP contribution in [0.1, 0.15) is 71.7 Å². The van der Waals surface area contributed by atoms with Crippen molar-refractivity contribution in [2.75, 3.05) is 18.5 Å². The molecule has 0 spiro atoms. The molecule has 35 heavy (non-hydrogen) atoms. The zero-order valence-corrected chi connectivity index (χ0v) is 19.9. The minimum atomic E-state index is -1.21. The van der Waals surface area contributed by atoms with E-state index in [4.69, 9.17) is 9.47 Å². The van der Waals surface area contributed by atoms with Gasteiger partial charge in [0.15, 0.2) is 6.61 Å². The summed E-state index contributed by atoms with van der Waals surface area (Å²) in [6.45, 7) is 1.59. The van der Waals surface area contributed by atoms with Gasteiger partial charge in [0, 0.05) is 5.69 Å². The van der Waals surface area contributed by atoms with Gasteiger partial charge in [-0.3, -0.25) is 4.79 Å². The molecule has 2 aromatic carbocycles. The molecule has 4 bridgehead atoms. The highest BCUT2D eigenvalue weighted by Crippen LogP contribution is 2.60. The SMILES string of the molecule is CCOC(=O)c1cc(NC(=O)COc2ccc(C34CC5CC(CC(C5)C3)C4)cc2)cc(C(=O)O)c1. The third kappa shape index (κ3) is 4.90. The Morgan fingerprint density at radius 3 is 2.11 bits per heavy atom. The van der Waals surface area contributed by atoms with Crippen molar-refractivity contribution in [1.82, 2.24) is 0 Å². The van der Waals surface area contributed by atoms with Crippen molar-refractivity contribution in [3.8, 4) is 5.75 Å². The van der Waals surface area contributed by atoms with Gasteiger partial charge in [-0.2, -0.15) is 0 Å². The predicted molar refractivity (Wildman–Crippen MR) is 130 cm³/mol. The van der Waals surface area contributed by atoms with Crippen molar-refractivity contribution in [2.45, 2.75) is 50.9 Å². The molecule has 0 radical (unpaired) electrons. The predicted octanol–water partition coefficient (Wildman–Crippen LogP) is 5.05. The van der Waals surface area contributed by atoms with Gasteiger partial charge in [-0.05, 0) is 105 Å². The number of hydrogen-bond acceptors (Lipinski definition) is 5. The van der Waals surface area contributed by atoms with E-state index in [9.17, 15) is 19.5 Å². The minimum Gasteiger partial charge on any atom is -0.484 e. The number of carboxylic acid groups (broad SMARTS) is 1. The summed E-state index contributed by atoms with van der Waals surface area (Å²) in [6, 6.07) is 12.1. The maximum absolute atomic E-state index is 12.5. The van der Waals surface area contributed by atoms with Crippen LogP contribution < -0.4 is 10.1 Å². The molecular formula is C28H31NO6. The number of carbonyl (C=O) groups excluding carboxylic acids is 2. The van der Waals surface area contributed by atoms with E-state index in [-0.39, 0.29) is 30.0 Å². The molecule has 7 nitrogen and oxygen atoms in total. The second-order valence-electron chi connectivity index (χ2n) is 10.4. The molecule has 7 heteroatoms. The summed E-state index contributed by atoms with van der Waals surface area (Å²) >= 11 is 0. The summed E-state index contributed by atoms with van der Waals surface area (Å²) in [5.74, 6) is 0.940. The lowest BCUT2D eigenvalue weighted by Gasteiger charge is -2.57. The number of aromatic carboxylic acids is 1. The highest BCUT2D eigenvalue weighted by Gasteiger charge is 2.51. The van der Waals surface area contributed by atoms with Gasteiger partial charge in [-0.15, -0.1) is 0 Å². The molecule has 4 saturated carbocycles. The van der Waals surface area contributed by atoms with Gasteiger partial charge < -0.3 is 19.9 Å². The zero-order valence-electron chi connectivity index (χ0n) is 19.9. The van der Waals surface area contributed by atoms with Gasteiger partial charge >= 0.3 is 11.9 Å². The van der Waals surface area contributed by atoms with Gasteiger partial charge in [-0.25, -0.2) is 9.59 Å². The number of carbonyl (C=O) groups is 3. The monoisotopic (exact) mass is 477 g/mol. The molecule has 4 fully saturated rings. The molecule has 0 heterocycles. The Morgan fingerprint density at radius 1 is 0.943 bits per heavy atom. The van der Waals surface area contributed by atoms with Crippen LogP contribution in [0.15, 0.2) is 42.5 Å². The summed E-state index contributed by atoms with van der Waals surface area (Å²) in [5.41, 5.74) is 1.84. The van der Waals surface area contributed by atoms with E-state index in [0.29, 0.717) is 11.2 Å². The van der Waals surface area contributed by atoms with Crippen LogP contribution in [0.5, 0.6) is 5.75 Å². The summed E-state index contributed by atoms with van der Waals surface area (Å²) in [7, 11) is 0. The van der Waals surface area contributed by atoms with Crippen molar-refractivity contribution < 1.29 is 29.0 Å². The van der Waals surface area contributed by atoms with Gasteiger partial charge in [0.1, 0.15) is 5.75 Å². The number of rotatable bonds is 8. The number of esters is 1. The summed E-state index contributed by atoms with van der Waals surface area (Å²) in [5, 5.41) is 11.9. The second-order valence-corrected chi connectivity index (χ2v) is 10.4. The van der Waals surface area contributed by atoms with Crippen molar-refractivity contribution in [3.63, 3.8) is 0 Å². The third-order valence-corrected chi connectivity index (χ3v) is 7.85. The molecule has 6 rings (SSSR count). The molecule has 0 atom stereocenters. The lowest BCUT2D eigenvalue weighted by molar-refractivity contribution is -0.118. The normalized spacial score (nSPS) is 26.3. The fourth-order valence-electron chi connectivity index (χ4n) is 6.87. The molecule has 2 N–H and O–H groups in total. The Balaban J connectivity index is 1.21. The first-order chi connectivity index (χ1) is 16.8. The van der Waals surface area contributed by atoms with Crippen LogP contribution in [0.4, 0.5) is 5.69 Å². The first-order valence-corrected chi connectivity index (χ1v) is 12.4. The van der Waals surface area contributed by atoms with E-state index in [0.717, 1.165) is 17.8 Å². The minimum absolute atomic E-state index is 0.0585. The molecule has 0 saturated heterocycles. The highest BCUT2D eigenvalue weighted by molar-refractivity contribution is 5.99. The quantitative estimate of drug-likeness (QED) is 0.516. The van der Waals surface area contributed by atoms with E-state index in [1.165, 1.54) is 62.3 Å². The van der Waals surface area contributed by atoms with Crippen LogP contribution >= 0.6 is 0 Å². The largest absolute Gasteiger partial charge is 0.484 e. The molecule has 2 aromatic rings. The molecular weight excluding hydrogens is 446 g/mol. The van der Waals surface area contributed by atoms with Crippen molar-refractivity contribution in [2.24, 2.45) is 17.8 Å². The smallest absolute Gasteiger partial charge is 0.338 e. The van der Waals surface area contributed by atoms with Crippen molar-refractivity contribution in [3.05, 3.63) is 59.2 Å². The van der Waals surface area contributed by atoms with E-state index in [2.05, 4.69) is 17.4 Å². The number of nitrogens with one attached hydrogen (secondary N) is 1. The Labute approximate surface area is 204 Å². The van der Waals surface area contributed by atoms with Crippen molar-refractivity contribution >= 4 is 23.5 Å². The molecule has 184 valence electrons. The van der Waals surface area contributed by atoms with Crippen LogP contribution in [0, 0.1) is 17.8 Å². The molecule has 1 amide bonds. The number of hydrogen-bond donors (Lipinski definition) is 2. The highest BCUT2D eigenvalue weighted by atomic mass is 16.5. The number of amides is 1. The zero-order chi connectivity index (χ0) is 24.6. The average Bonchev–Trinajstić information content (AvgIpc) is 2.82. The molecule has 4 aliphatic carbocycles. The fourth-order valence-corrected chi connectivity index (χ4v) is 6.87. The van der Waals surface area contributed by atoms with Gasteiger partial charge in [-0.1, -0.05) is 12.1 Å². The Hall–Kier alpha value is -3.35. The second kappa shape index (κ2) is 9.36. The molecule has 0 aliphatic heterocycles. The maximum Gasteiger partial charge on any atom is 0.338 e. The van der Waals surface area contributed by atoms with Gasteiger partial charge in [0.2, 0.25) is 0 Å². The van der Waals surface area contributed by atoms with E-state index < -0.39 is 17.8 Å². The van der Waals surface area contributed by atoms with Crippen LogP contribution in [0.3, 0.4) is 0 Å². The summed E-state index contributed by atoms with van der Waals surface area (Å²) < 4.78 is 10.6. The first kappa shape index (κ1) is 23.4. The molecule has 0 aromatic heterocycles. The number of carboxylic acids is 1. The number of anilines is 1. The van der Waals surface area contributed by atoms with Crippen LogP contribution in [-0.4, -0.2) is 36.2 Å². The van der Waals surface area contributed by atoms with Crippen LogP contribution in [0.25, 0.3) is 0 Å².